The second-order valence-corrected chi connectivity index (χ2v) is 6.14. The van der Waals surface area contributed by atoms with Gasteiger partial charge in [-0.2, -0.15) is 5.10 Å². The molecule has 0 N–H and O–H groups in total. The van der Waals surface area contributed by atoms with Crippen LogP contribution >= 0.6 is 0 Å². The molecule has 5 heteroatoms. The van der Waals surface area contributed by atoms with E-state index >= 15 is 0 Å². The molecule has 3 aromatic rings. The zero-order valence-corrected chi connectivity index (χ0v) is 13.3. The van der Waals surface area contributed by atoms with Crippen LogP contribution in [0.3, 0.4) is 0 Å². The Kier molecular flexibility index (Phi) is 3.33. The Labute approximate surface area is 135 Å². The summed E-state index contributed by atoms with van der Waals surface area (Å²) in [6.07, 6.45) is 5.97. The third-order valence-electron chi connectivity index (χ3n) is 4.08. The fraction of sp³-hybridized carbons (Fsp3) is 0.278. The van der Waals surface area contributed by atoms with Gasteiger partial charge >= 0.3 is 0 Å². The number of benzene rings is 1. The van der Waals surface area contributed by atoms with Crippen LogP contribution in [0, 0.1) is 0 Å². The Hall–Kier alpha value is -2.69. The summed E-state index contributed by atoms with van der Waals surface area (Å²) < 4.78 is 1.91. The van der Waals surface area contributed by atoms with E-state index < -0.39 is 0 Å². The second kappa shape index (κ2) is 5.50. The van der Waals surface area contributed by atoms with Crippen molar-refractivity contribution in [3.63, 3.8) is 0 Å². The van der Waals surface area contributed by atoms with E-state index in [1.54, 1.807) is 6.20 Å². The molecule has 0 saturated heterocycles. The van der Waals surface area contributed by atoms with Gasteiger partial charge in [-0.3, -0.25) is 4.98 Å². The number of hydrogen-bond donors (Lipinski definition) is 0. The molecule has 1 aliphatic rings. The fourth-order valence-electron chi connectivity index (χ4n) is 2.61. The molecule has 0 amide bonds. The molecule has 23 heavy (non-hydrogen) atoms. The first-order valence-electron chi connectivity index (χ1n) is 7.87. The van der Waals surface area contributed by atoms with Gasteiger partial charge in [-0.1, -0.05) is 12.1 Å². The summed E-state index contributed by atoms with van der Waals surface area (Å²) in [4.78, 5) is 11.1. The Balaban J connectivity index is 1.85. The van der Waals surface area contributed by atoms with Crippen LogP contribution < -0.4 is 4.90 Å². The molecule has 0 radical (unpaired) electrons. The molecule has 116 valence electrons. The van der Waals surface area contributed by atoms with E-state index in [9.17, 15) is 0 Å². The molecular formula is C18H19N5. The molecule has 0 unspecified atom stereocenters. The van der Waals surface area contributed by atoms with Crippen LogP contribution in [0.5, 0.6) is 0 Å². The summed E-state index contributed by atoms with van der Waals surface area (Å²) in [7, 11) is 4.08. The quantitative estimate of drug-likeness (QED) is 0.742. The van der Waals surface area contributed by atoms with Crippen molar-refractivity contribution in [1.29, 1.82) is 0 Å². The number of rotatable bonds is 4. The minimum absolute atomic E-state index is 0.517. The van der Waals surface area contributed by atoms with Gasteiger partial charge in [-0.15, -0.1) is 0 Å². The van der Waals surface area contributed by atoms with Gasteiger partial charge in [-0.25, -0.2) is 9.67 Å². The second-order valence-electron chi connectivity index (χ2n) is 6.14. The molecule has 0 spiro atoms. The van der Waals surface area contributed by atoms with Crippen molar-refractivity contribution in [3.8, 4) is 17.1 Å². The van der Waals surface area contributed by atoms with Crippen LogP contribution in [0.1, 0.15) is 24.6 Å². The molecule has 2 heterocycles. The first kappa shape index (κ1) is 13.9. The highest BCUT2D eigenvalue weighted by atomic mass is 15.4. The van der Waals surface area contributed by atoms with E-state index in [2.05, 4.69) is 34.1 Å². The molecule has 4 rings (SSSR count). The number of nitrogens with zero attached hydrogens (tertiary/aromatic N) is 5. The zero-order valence-electron chi connectivity index (χ0n) is 13.3. The summed E-state index contributed by atoms with van der Waals surface area (Å²) in [6.45, 7) is 0. The van der Waals surface area contributed by atoms with Crippen molar-refractivity contribution in [1.82, 2.24) is 19.7 Å². The molecule has 2 aromatic heterocycles. The summed E-state index contributed by atoms with van der Waals surface area (Å²) >= 11 is 0. The maximum atomic E-state index is 4.82. The Morgan fingerprint density at radius 2 is 2.00 bits per heavy atom. The van der Waals surface area contributed by atoms with Crippen LogP contribution in [0.2, 0.25) is 0 Å². The zero-order chi connectivity index (χ0) is 15.8. The Bertz CT molecular complexity index is 818. The van der Waals surface area contributed by atoms with Gasteiger partial charge in [0.05, 0.1) is 11.9 Å². The smallest absolute Gasteiger partial charge is 0.163 e. The highest BCUT2D eigenvalue weighted by Gasteiger charge is 2.29. The average molecular weight is 305 g/mol. The van der Waals surface area contributed by atoms with Gasteiger partial charge < -0.3 is 4.90 Å². The molecule has 0 aliphatic heterocycles. The molecule has 1 aromatic carbocycles. The lowest BCUT2D eigenvalue weighted by molar-refractivity contribution is 0.835. The van der Waals surface area contributed by atoms with Gasteiger partial charge in [0, 0.05) is 37.5 Å². The van der Waals surface area contributed by atoms with E-state index in [4.69, 9.17) is 10.1 Å². The van der Waals surface area contributed by atoms with Crippen molar-refractivity contribution >= 4 is 5.69 Å². The van der Waals surface area contributed by atoms with Gasteiger partial charge in [0.25, 0.3) is 0 Å². The first-order chi connectivity index (χ1) is 11.2. The van der Waals surface area contributed by atoms with Gasteiger partial charge in [0.15, 0.2) is 11.6 Å². The molecule has 1 saturated carbocycles. The SMILES string of the molecule is CN(C)c1cccc(-c2nc(C3CC3)nn2-c2cccnc2)c1. The van der Waals surface area contributed by atoms with Gasteiger partial charge in [-0.05, 0) is 37.1 Å². The van der Waals surface area contributed by atoms with Crippen LogP contribution in [0.4, 0.5) is 5.69 Å². The number of pyridine rings is 1. The van der Waals surface area contributed by atoms with Crippen molar-refractivity contribution in [3.05, 3.63) is 54.6 Å². The fourth-order valence-corrected chi connectivity index (χ4v) is 2.61. The highest BCUT2D eigenvalue weighted by Crippen LogP contribution is 2.39. The summed E-state index contributed by atoms with van der Waals surface area (Å²) in [5, 5.41) is 4.75. The highest BCUT2D eigenvalue weighted by molar-refractivity contribution is 5.64. The van der Waals surface area contributed by atoms with Crippen molar-refractivity contribution < 1.29 is 0 Å². The minimum Gasteiger partial charge on any atom is -0.378 e. The average Bonchev–Trinajstić information content (AvgIpc) is 3.34. The molecule has 1 aliphatic carbocycles. The summed E-state index contributed by atoms with van der Waals surface area (Å²) in [5.41, 5.74) is 3.16. The largest absolute Gasteiger partial charge is 0.378 e. The van der Waals surface area contributed by atoms with Crippen molar-refractivity contribution in [2.24, 2.45) is 0 Å². The predicted octanol–water partition coefficient (Wildman–Crippen LogP) is 3.27. The molecule has 1 fully saturated rings. The van der Waals surface area contributed by atoms with Crippen LogP contribution in [0.25, 0.3) is 17.1 Å². The molecule has 0 atom stereocenters. The van der Waals surface area contributed by atoms with Crippen molar-refractivity contribution in [2.45, 2.75) is 18.8 Å². The standard InChI is InChI=1S/C18H19N5/c1-22(2)15-6-3-5-14(11-15)18-20-17(13-8-9-13)21-23(18)16-7-4-10-19-12-16/h3-7,10-13H,8-9H2,1-2H3. The van der Waals surface area contributed by atoms with Gasteiger partial charge in [0.1, 0.15) is 0 Å². The monoisotopic (exact) mass is 305 g/mol. The third-order valence-corrected chi connectivity index (χ3v) is 4.08. The Morgan fingerprint density at radius 1 is 1.13 bits per heavy atom. The first-order valence-corrected chi connectivity index (χ1v) is 7.87. The Morgan fingerprint density at radius 3 is 2.70 bits per heavy atom. The predicted molar refractivity (Wildman–Crippen MR) is 90.9 cm³/mol. The van der Waals surface area contributed by atoms with E-state index in [0.717, 1.165) is 28.6 Å². The van der Waals surface area contributed by atoms with Crippen LogP contribution in [-0.4, -0.2) is 33.8 Å². The van der Waals surface area contributed by atoms with Crippen LogP contribution in [0.15, 0.2) is 48.8 Å². The van der Waals surface area contributed by atoms with E-state index in [0.29, 0.717) is 5.92 Å². The van der Waals surface area contributed by atoms with Gasteiger partial charge in [0.2, 0.25) is 0 Å². The summed E-state index contributed by atoms with van der Waals surface area (Å²) in [6, 6.07) is 12.3. The minimum atomic E-state index is 0.517. The van der Waals surface area contributed by atoms with Crippen molar-refractivity contribution in [2.75, 3.05) is 19.0 Å². The van der Waals surface area contributed by atoms with E-state index in [1.807, 2.05) is 37.1 Å². The number of anilines is 1. The normalized spacial score (nSPS) is 14.0. The lowest BCUT2D eigenvalue weighted by Gasteiger charge is -2.13. The summed E-state index contributed by atoms with van der Waals surface area (Å²) in [5.74, 6) is 2.34. The maximum absolute atomic E-state index is 4.82. The third kappa shape index (κ3) is 2.70. The van der Waals surface area contributed by atoms with Crippen LogP contribution in [-0.2, 0) is 0 Å². The number of hydrogen-bond acceptors (Lipinski definition) is 4. The number of aromatic nitrogens is 4. The topological polar surface area (TPSA) is 46.8 Å². The van der Waals surface area contributed by atoms with E-state index in [-0.39, 0.29) is 0 Å². The van der Waals surface area contributed by atoms with E-state index in [1.165, 1.54) is 12.8 Å². The lowest BCUT2D eigenvalue weighted by Crippen LogP contribution is -2.08. The molecule has 5 nitrogen and oxygen atoms in total. The lowest BCUT2D eigenvalue weighted by atomic mass is 10.2. The molecule has 0 bridgehead atoms. The molecular weight excluding hydrogens is 286 g/mol. The maximum Gasteiger partial charge on any atom is 0.163 e.